The summed E-state index contributed by atoms with van der Waals surface area (Å²) in [5, 5.41) is 0.666. The molecule has 5 saturated heterocycles. The smallest absolute Gasteiger partial charge is 0.371 e. The van der Waals surface area contributed by atoms with Crippen LogP contribution in [0.5, 0.6) is 0 Å². The SMILES string of the molecule is CCCCn1ccc(N2CCC(c3ccccc3)CC2)c(Cl)c1=O.O=c1c(Br)c(N2CCC(c3ccccc3)CC2)ccn1CC1CC1.O=c1c(C(F)(F)F)c(N2CCC(c3ccccc3)CC2)ccn1CC1CC1.O=c1c(Cl)c(N2CCC(c3ccccc3)CC2)ccn1CC1CC1.O=c1c(Cl)c(N2CCC(c3ccccc3)CC2)ccn1COC(F)(F)F. The second kappa shape index (κ2) is 43.0. The van der Waals surface area contributed by atoms with Crippen molar-refractivity contribution in [2.45, 2.75) is 198 Å². The highest BCUT2D eigenvalue weighted by atomic mass is 79.9. The van der Waals surface area contributed by atoms with Crippen LogP contribution in [0.4, 0.5) is 54.8 Å². The van der Waals surface area contributed by atoms with E-state index in [0.717, 1.165) is 188 Å². The van der Waals surface area contributed by atoms with Crippen molar-refractivity contribution in [1.29, 1.82) is 0 Å². The van der Waals surface area contributed by atoms with E-state index < -0.39 is 36.0 Å². The summed E-state index contributed by atoms with van der Waals surface area (Å²) in [6.07, 6.45) is 18.3. The summed E-state index contributed by atoms with van der Waals surface area (Å²) in [7, 11) is 0. The summed E-state index contributed by atoms with van der Waals surface area (Å²) in [4.78, 5) is 72.8. The zero-order valence-corrected chi connectivity index (χ0v) is 74.7. The molecule has 3 saturated carbocycles. The zero-order chi connectivity index (χ0) is 87.7. The van der Waals surface area contributed by atoms with Crippen LogP contribution in [-0.2, 0) is 43.8 Å². The molecule has 10 heterocycles. The molecule has 3 aliphatic carbocycles. The quantitative estimate of drug-likeness (QED) is 0.0636. The monoisotopic (exact) mass is 1830 g/mol. The fraction of sp³-hybridized carbons (Fsp3) is 0.444. The van der Waals surface area contributed by atoms with E-state index in [1.807, 2.05) is 76.6 Å². The molecule has 5 aromatic heterocycles. The Morgan fingerprint density at radius 3 is 0.888 bits per heavy atom. The van der Waals surface area contributed by atoms with Gasteiger partial charge in [-0.1, -0.05) is 200 Å². The maximum Gasteiger partial charge on any atom is 0.524 e. The molecule has 5 aliphatic heterocycles. The molecule has 5 aromatic carbocycles. The van der Waals surface area contributed by atoms with Gasteiger partial charge < -0.3 is 42.8 Å². The topological polar surface area (TPSA) is 135 Å². The molecular weight excluding hydrogens is 1730 g/mol. The lowest BCUT2D eigenvalue weighted by Gasteiger charge is -2.35. The van der Waals surface area contributed by atoms with Gasteiger partial charge in [0.25, 0.3) is 27.8 Å². The van der Waals surface area contributed by atoms with Crippen molar-refractivity contribution >= 4 is 79.2 Å². The van der Waals surface area contributed by atoms with Gasteiger partial charge in [-0.05, 0) is 231 Å². The Morgan fingerprint density at radius 2 is 0.584 bits per heavy atom. The first-order chi connectivity index (χ1) is 60.4. The number of pyridine rings is 5. The fourth-order valence-corrected chi connectivity index (χ4v) is 19.5. The first-order valence-electron chi connectivity index (χ1n) is 44.5. The Labute approximate surface area is 751 Å². The highest BCUT2D eigenvalue weighted by Gasteiger charge is 2.41. The Balaban J connectivity index is 0.000000127. The van der Waals surface area contributed by atoms with E-state index in [2.05, 4.69) is 164 Å². The Bertz CT molecular complexity index is 5330. The summed E-state index contributed by atoms with van der Waals surface area (Å²) in [6, 6.07) is 61.7. The van der Waals surface area contributed by atoms with Crippen molar-refractivity contribution in [2.75, 3.05) is 89.9 Å². The second-order valence-corrected chi connectivity index (χ2v) is 36.5. The van der Waals surface area contributed by atoms with Gasteiger partial charge >= 0.3 is 12.5 Å². The third-order valence-corrected chi connectivity index (χ3v) is 27.7. The van der Waals surface area contributed by atoms with Crippen molar-refractivity contribution < 1.29 is 31.1 Å². The number of aromatic nitrogens is 5. The molecule has 664 valence electrons. The zero-order valence-electron chi connectivity index (χ0n) is 70.9. The van der Waals surface area contributed by atoms with Crippen LogP contribution >= 0.6 is 50.7 Å². The van der Waals surface area contributed by atoms with Crippen LogP contribution in [0.2, 0.25) is 15.1 Å². The minimum absolute atomic E-state index is 0.0334. The number of anilines is 5. The number of benzene rings is 5. The minimum atomic E-state index is -4.80. The molecule has 0 spiro atoms. The van der Waals surface area contributed by atoms with Gasteiger partial charge in [-0.3, -0.25) is 33.3 Å². The van der Waals surface area contributed by atoms with Crippen molar-refractivity contribution in [3.8, 4) is 0 Å². The molecule has 0 atom stereocenters. The maximum atomic E-state index is 13.7. The average Bonchev–Trinajstić information content (AvgIpc) is 1.77. The maximum absolute atomic E-state index is 13.7. The first kappa shape index (κ1) is 91.9. The summed E-state index contributed by atoms with van der Waals surface area (Å²) in [5.74, 6) is 4.38. The Hall–Kier alpha value is -9.26. The fourth-order valence-electron chi connectivity index (χ4n) is 18.0. The molecule has 0 radical (unpaired) electrons. The molecule has 0 unspecified atom stereocenters. The highest BCUT2D eigenvalue weighted by Crippen LogP contribution is 2.42. The molecule has 0 N–H and O–H groups in total. The predicted molar refractivity (Wildman–Crippen MR) is 495 cm³/mol. The molecule has 8 fully saturated rings. The number of halogens is 10. The number of unbranched alkanes of at least 4 members (excludes halogenated alkanes) is 1. The lowest BCUT2D eigenvalue weighted by molar-refractivity contribution is -0.338. The van der Waals surface area contributed by atoms with Gasteiger partial charge in [0.2, 0.25) is 0 Å². The summed E-state index contributed by atoms with van der Waals surface area (Å²) in [5.41, 5.74) is 7.63. The van der Waals surface area contributed by atoms with E-state index in [4.69, 9.17) is 34.8 Å². The first-order valence-corrected chi connectivity index (χ1v) is 46.4. The number of hydrogen-bond donors (Lipinski definition) is 0. The molecule has 18 rings (SSSR count). The second-order valence-electron chi connectivity index (χ2n) is 34.5. The molecule has 0 amide bonds. The molecular formula is C99H112BrCl3F6N10O6. The number of aryl methyl sites for hydroxylation is 1. The van der Waals surface area contributed by atoms with Gasteiger partial charge in [0.1, 0.15) is 31.8 Å². The Kier molecular flexibility index (Phi) is 31.6. The van der Waals surface area contributed by atoms with Crippen LogP contribution in [0, 0.1) is 17.8 Å². The van der Waals surface area contributed by atoms with Gasteiger partial charge in [-0.2, -0.15) is 13.2 Å². The Morgan fingerprint density at radius 1 is 0.328 bits per heavy atom. The molecule has 0 bridgehead atoms. The van der Waals surface area contributed by atoms with Crippen molar-refractivity contribution in [1.82, 2.24) is 22.8 Å². The molecule has 10 aromatic rings. The molecule has 26 heteroatoms. The molecule has 8 aliphatic rings. The standard InChI is InChI=1S/C21H23F3N2O.C20H23BrN2O.C20H23ClN2O.C20H25ClN2O.C18H18ClF3N2O2/c22-21(23,24)19-18(10-13-26(20(19)27)14-15-6-7-15)25-11-8-17(9-12-25)16-4-2-1-3-5-16;2*21-19-18(10-13-23(20(19)24)14-15-6-7-15)22-11-8-17(9-12-22)16-4-2-1-3-5-16;1-2-3-12-23-15-11-18(19(21)20(23)24)22-13-9-17(10-14-22)16-7-5-4-6-8-16;19-16-15(8-11-24(17(16)25)12-26-18(20,21)22)23-9-6-14(7-10-23)13-4-2-1-3-5-13/h1-5,10,13,15,17H,6-9,11-12,14H2;2*1-5,10,13,15,17H,6-9,11-12,14H2;4-8,11,15,17H,2-3,9-10,12-14H2,1H3;1-5,8,11,14H,6-7,9-10,12H2. The van der Waals surface area contributed by atoms with Gasteiger partial charge in [-0.25, -0.2) is 0 Å². The lowest BCUT2D eigenvalue weighted by Crippen LogP contribution is -2.38. The van der Waals surface area contributed by atoms with Crippen molar-refractivity contribution in [2.24, 2.45) is 17.8 Å². The predicted octanol–water partition coefficient (Wildman–Crippen LogP) is 22.4. The van der Waals surface area contributed by atoms with Crippen LogP contribution in [0.25, 0.3) is 0 Å². The van der Waals surface area contributed by atoms with Gasteiger partial charge in [0.05, 0.1) is 28.4 Å². The molecule has 16 nitrogen and oxygen atoms in total. The van der Waals surface area contributed by atoms with Crippen LogP contribution in [-0.4, -0.2) is 94.6 Å². The van der Waals surface area contributed by atoms with Crippen LogP contribution in [0.3, 0.4) is 0 Å². The van der Waals surface area contributed by atoms with E-state index in [1.54, 1.807) is 20.1 Å². The third-order valence-electron chi connectivity index (χ3n) is 25.9. The van der Waals surface area contributed by atoms with Crippen molar-refractivity contribution in [3.05, 3.63) is 318 Å². The number of nitrogens with zero attached hydrogens (tertiary/aromatic N) is 10. The number of alkyl halides is 6. The van der Waals surface area contributed by atoms with Crippen LogP contribution < -0.4 is 52.3 Å². The lowest BCUT2D eigenvalue weighted by atomic mass is 9.89. The average molecular weight is 1840 g/mol. The van der Waals surface area contributed by atoms with E-state index in [-0.39, 0.29) is 27.4 Å². The third kappa shape index (κ3) is 24.8. The van der Waals surface area contributed by atoms with Crippen LogP contribution in [0.1, 0.15) is 185 Å². The van der Waals surface area contributed by atoms with E-state index >= 15 is 0 Å². The van der Waals surface area contributed by atoms with Gasteiger partial charge in [-0.15, -0.1) is 13.2 Å². The number of rotatable bonds is 21. The number of piperidine rings is 5. The van der Waals surface area contributed by atoms with Crippen LogP contribution in [0.15, 0.2) is 241 Å². The summed E-state index contributed by atoms with van der Waals surface area (Å²) >= 11 is 22.5. The summed E-state index contributed by atoms with van der Waals surface area (Å²) < 4.78 is 89.3. The van der Waals surface area contributed by atoms with Crippen molar-refractivity contribution in [3.63, 3.8) is 0 Å². The van der Waals surface area contributed by atoms with Gasteiger partial charge in [0.15, 0.2) is 0 Å². The largest absolute Gasteiger partial charge is 0.524 e. The normalized spacial score (nSPS) is 17.6. The number of hydrogen-bond acceptors (Lipinski definition) is 11. The summed E-state index contributed by atoms with van der Waals surface area (Å²) in [6.45, 7) is 12.3. The van der Waals surface area contributed by atoms with E-state index in [1.165, 1.54) is 76.5 Å². The number of ether oxygens (including phenoxy) is 1. The highest BCUT2D eigenvalue weighted by molar-refractivity contribution is 9.10. The minimum Gasteiger partial charge on any atom is -0.371 e. The van der Waals surface area contributed by atoms with E-state index in [0.29, 0.717) is 82.7 Å². The van der Waals surface area contributed by atoms with Gasteiger partial charge in [0, 0.05) is 123 Å². The molecule has 125 heavy (non-hydrogen) atoms. The van der Waals surface area contributed by atoms with E-state index in [9.17, 15) is 50.3 Å².